The first-order valence-electron chi connectivity index (χ1n) is 7.53. The molecule has 0 saturated carbocycles. The summed E-state index contributed by atoms with van der Waals surface area (Å²) in [5.41, 5.74) is 0.227. The van der Waals surface area contributed by atoms with Gasteiger partial charge in [-0.15, -0.1) is 0 Å². The molecule has 0 aliphatic carbocycles. The van der Waals surface area contributed by atoms with Crippen LogP contribution in [0.3, 0.4) is 0 Å². The molecule has 0 amide bonds. The maximum absolute atomic E-state index is 12.6. The Morgan fingerprint density at radius 2 is 2.12 bits per heavy atom. The van der Waals surface area contributed by atoms with Crippen LogP contribution in [0, 0.1) is 5.92 Å². The monoisotopic (exact) mass is 363 g/mol. The Kier molecular flexibility index (Phi) is 4.86. The number of hydrogen-bond acceptors (Lipinski definition) is 7. The van der Waals surface area contributed by atoms with E-state index in [1.165, 1.54) is 18.4 Å². The summed E-state index contributed by atoms with van der Waals surface area (Å²) in [6, 6.07) is 1.83. The van der Waals surface area contributed by atoms with Crippen molar-refractivity contribution in [2.24, 2.45) is 5.92 Å². The molecule has 25 heavy (non-hydrogen) atoms. The second-order valence-corrected chi connectivity index (χ2v) is 6.30. The van der Waals surface area contributed by atoms with E-state index in [4.69, 9.17) is 9.47 Å². The highest BCUT2D eigenvalue weighted by Gasteiger charge is 2.41. The Balaban J connectivity index is 2.08. The van der Waals surface area contributed by atoms with E-state index in [9.17, 15) is 14.4 Å². The van der Waals surface area contributed by atoms with Crippen LogP contribution in [-0.2, 0) is 14.3 Å². The first-order valence-corrected chi connectivity index (χ1v) is 8.47. The van der Waals surface area contributed by atoms with Gasteiger partial charge in [0.2, 0.25) is 0 Å². The van der Waals surface area contributed by atoms with Gasteiger partial charge in [0.15, 0.2) is 0 Å². The van der Waals surface area contributed by atoms with Crippen molar-refractivity contribution in [3.63, 3.8) is 0 Å². The molecular formula is C16H17N3O5S. The third-order valence-electron chi connectivity index (χ3n) is 3.97. The van der Waals surface area contributed by atoms with Crippen LogP contribution in [0.25, 0.3) is 0 Å². The quantitative estimate of drug-likeness (QED) is 0.540. The zero-order valence-electron chi connectivity index (χ0n) is 13.5. The second-order valence-electron chi connectivity index (χ2n) is 5.52. The van der Waals surface area contributed by atoms with Crippen LogP contribution in [0.2, 0.25) is 0 Å². The number of aromatic nitrogens is 2. The maximum Gasteiger partial charge on any atom is 0.327 e. The Bertz CT molecular complexity index is 899. The van der Waals surface area contributed by atoms with Crippen molar-refractivity contribution in [1.29, 1.82) is 0 Å². The van der Waals surface area contributed by atoms with Crippen LogP contribution in [-0.4, -0.2) is 36.3 Å². The maximum atomic E-state index is 12.6. The Labute approximate surface area is 146 Å². The summed E-state index contributed by atoms with van der Waals surface area (Å²) in [6.45, 7) is 4.26. The summed E-state index contributed by atoms with van der Waals surface area (Å²) < 4.78 is 10.1. The first kappa shape index (κ1) is 17.2. The second kappa shape index (κ2) is 7.08. The van der Waals surface area contributed by atoms with E-state index in [2.05, 4.69) is 21.9 Å². The number of carbonyl (C=O) groups excluding carboxylic acids is 1. The molecule has 3 rings (SSSR count). The van der Waals surface area contributed by atoms with Gasteiger partial charge in [0.25, 0.3) is 5.56 Å². The molecule has 0 fully saturated rings. The van der Waals surface area contributed by atoms with Crippen molar-refractivity contribution < 1.29 is 14.3 Å². The molecule has 2 aromatic heterocycles. The minimum Gasteiger partial charge on any atom is -0.463 e. The van der Waals surface area contributed by atoms with E-state index in [1.807, 2.05) is 16.8 Å². The number of H-pyrrole nitrogens is 2. The summed E-state index contributed by atoms with van der Waals surface area (Å²) in [6.07, 6.45) is 0. The van der Waals surface area contributed by atoms with Gasteiger partial charge in [0, 0.05) is 18.7 Å². The molecule has 0 unspecified atom stereocenters. The molecule has 2 aromatic rings. The lowest BCUT2D eigenvalue weighted by Gasteiger charge is -2.33. The van der Waals surface area contributed by atoms with E-state index in [0.717, 1.165) is 5.56 Å². The Hall–Kier alpha value is -2.65. The minimum absolute atomic E-state index is 0.101. The van der Waals surface area contributed by atoms with Gasteiger partial charge in [-0.25, -0.2) is 4.79 Å². The molecule has 0 saturated heterocycles. The highest BCUT2D eigenvalue weighted by atomic mass is 32.1. The lowest BCUT2D eigenvalue weighted by Crippen LogP contribution is -2.40. The zero-order valence-corrected chi connectivity index (χ0v) is 14.3. The van der Waals surface area contributed by atoms with Crippen LogP contribution in [0.15, 0.2) is 38.7 Å². The van der Waals surface area contributed by atoms with Crippen molar-refractivity contribution >= 4 is 23.1 Å². The van der Waals surface area contributed by atoms with Crippen LogP contribution < -0.4 is 16.6 Å². The number of thiophene rings is 1. The summed E-state index contributed by atoms with van der Waals surface area (Å²) >= 11 is 1.45. The van der Waals surface area contributed by atoms with Gasteiger partial charge < -0.3 is 14.8 Å². The molecule has 1 aliphatic rings. The molecule has 0 spiro atoms. The highest BCUT2D eigenvalue weighted by molar-refractivity contribution is 7.08. The highest BCUT2D eigenvalue weighted by Crippen LogP contribution is 2.42. The van der Waals surface area contributed by atoms with Crippen LogP contribution in [0.5, 0.6) is 0 Å². The molecule has 0 aromatic carbocycles. The van der Waals surface area contributed by atoms with E-state index in [0.29, 0.717) is 5.70 Å². The molecular weight excluding hydrogens is 346 g/mol. The number of ether oxygens (including phenoxy) is 2. The number of fused-ring (bicyclic) bond motifs is 1. The average molecular weight is 363 g/mol. The third kappa shape index (κ3) is 3.28. The molecule has 1 aliphatic heterocycles. The van der Waals surface area contributed by atoms with Crippen molar-refractivity contribution in [2.45, 2.75) is 5.92 Å². The first-order chi connectivity index (χ1) is 12.0. The van der Waals surface area contributed by atoms with Gasteiger partial charge in [0.1, 0.15) is 18.3 Å². The number of esters is 1. The van der Waals surface area contributed by atoms with Crippen molar-refractivity contribution in [2.75, 3.05) is 25.6 Å². The zero-order chi connectivity index (χ0) is 18.0. The molecule has 132 valence electrons. The van der Waals surface area contributed by atoms with Gasteiger partial charge in [-0.1, -0.05) is 6.58 Å². The Morgan fingerprint density at radius 1 is 1.32 bits per heavy atom. The van der Waals surface area contributed by atoms with Gasteiger partial charge in [-0.2, -0.15) is 11.3 Å². The van der Waals surface area contributed by atoms with Crippen molar-refractivity contribution in [3.05, 3.63) is 61.1 Å². The molecule has 9 heteroatoms. The number of methoxy groups -OCH3 is 1. The molecule has 3 N–H and O–H groups in total. The van der Waals surface area contributed by atoms with E-state index in [-0.39, 0.29) is 24.6 Å². The molecule has 2 atom stereocenters. The molecule has 0 radical (unpaired) electrons. The fourth-order valence-electron chi connectivity index (χ4n) is 2.90. The summed E-state index contributed by atoms with van der Waals surface area (Å²) in [5.74, 6) is -1.67. The number of carbonyl (C=O) groups is 1. The van der Waals surface area contributed by atoms with Crippen LogP contribution >= 0.6 is 11.3 Å². The topological polar surface area (TPSA) is 113 Å². The van der Waals surface area contributed by atoms with Crippen molar-refractivity contribution in [1.82, 2.24) is 9.97 Å². The molecule has 3 heterocycles. The predicted octanol–water partition coefficient (Wildman–Crippen LogP) is 1.00. The van der Waals surface area contributed by atoms with Gasteiger partial charge in [-0.3, -0.25) is 19.6 Å². The summed E-state index contributed by atoms with van der Waals surface area (Å²) in [5, 5.41) is 6.56. The number of anilines is 1. The Morgan fingerprint density at radius 3 is 2.80 bits per heavy atom. The molecule has 8 nitrogen and oxygen atoms in total. The number of nitrogens with one attached hydrogen (secondary N) is 3. The SMILES string of the molecule is C=C1Nc2[nH]c(=O)[nH]c(=O)c2[C@@H](c2ccsc2)[C@@H]1C(=O)OCCOC. The standard InChI is InChI=1S/C16H17N3O5S/c1-8-10(15(21)24-5-4-23-2)11(9-3-6-25-7-9)12-13(17-8)18-16(22)19-14(12)20/h3,6-7,10-11H,1,4-5H2,2H3,(H3,17,18,19,20,22)/t10-,11+/m1/s1. The lowest BCUT2D eigenvalue weighted by molar-refractivity contribution is -0.148. The fraction of sp³-hybridized carbons (Fsp3) is 0.312. The van der Waals surface area contributed by atoms with E-state index < -0.39 is 29.1 Å². The van der Waals surface area contributed by atoms with Crippen LogP contribution in [0.4, 0.5) is 5.82 Å². The minimum atomic E-state index is -0.800. The van der Waals surface area contributed by atoms with Gasteiger partial charge in [-0.05, 0) is 22.4 Å². The average Bonchev–Trinajstić information content (AvgIpc) is 3.07. The summed E-state index contributed by atoms with van der Waals surface area (Å²) in [7, 11) is 1.51. The number of hydrogen-bond donors (Lipinski definition) is 3. The smallest absolute Gasteiger partial charge is 0.327 e. The lowest BCUT2D eigenvalue weighted by atomic mass is 9.78. The number of rotatable bonds is 5. The van der Waals surface area contributed by atoms with Crippen molar-refractivity contribution in [3.8, 4) is 0 Å². The third-order valence-corrected chi connectivity index (χ3v) is 4.67. The van der Waals surface area contributed by atoms with Crippen LogP contribution in [0.1, 0.15) is 17.0 Å². The summed E-state index contributed by atoms with van der Waals surface area (Å²) in [4.78, 5) is 41.4. The number of aromatic amines is 2. The predicted molar refractivity (Wildman–Crippen MR) is 92.9 cm³/mol. The van der Waals surface area contributed by atoms with Gasteiger partial charge in [0.05, 0.1) is 12.2 Å². The normalized spacial score (nSPS) is 19.2. The van der Waals surface area contributed by atoms with E-state index in [1.54, 1.807) is 0 Å². The largest absolute Gasteiger partial charge is 0.463 e. The molecule has 0 bridgehead atoms. The van der Waals surface area contributed by atoms with E-state index >= 15 is 0 Å². The van der Waals surface area contributed by atoms with Gasteiger partial charge >= 0.3 is 11.7 Å². The fourth-order valence-corrected chi connectivity index (χ4v) is 3.60.